The summed E-state index contributed by atoms with van der Waals surface area (Å²) < 4.78 is 0. The van der Waals surface area contributed by atoms with Crippen LogP contribution in [-0.4, -0.2) is 23.2 Å². The van der Waals surface area contributed by atoms with Gasteiger partial charge >= 0.3 is 0 Å². The summed E-state index contributed by atoms with van der Waals surface area (Å²) in [6.07, 6.45) is 4.66. The Hall–Kier alpha value is -1.13. The molecule has 0 bridgehead atoms. The fourth-order valence-electron chi connectivity index (χ4n) is 2.16. The first-order chi connectivity index (χ1) is 7.85. The summed E-state index contributed by atoms with van der Waals surface area (Å²) in [7, 11) is 0. The van der Waals surface area contributed by atoms with Gasteiger partial charge in [0.25, 0.3) is 0 Å². The Balaban J connectivity index is 2.28. The molecule has 1 heterocycles. The second-order valence-corrected chi connectivity index (χ2v) is 4.16. The summed E-state index contributed by atoms with van der Waals surface area (Å²) >= 11 is 0. The molecule has 0 radical (unpaired) electrons. The molecule has 0 aromatic carbocycles. The minimum Gasteiger partial charge on any atom is -0.395 e. The van der Waals surface area contributed by atoms with E-state index in [1.54, 1.807) is 0 Å². The molecule has 0 unspecified atom stereocenters. The lowest BCUT2D eigenvalue weighted by Crippen LogP contribution is -2.15. The fraction of sp³-hybridized carbons (Fsp3) is 0.583. The Morgan fingerprint density at radius 1 is 1.38 bits per heavy atom. The summed E-state index contributed by atoms with van der Waals surface area (Å²) in [5.41, 5.74) is 9.31. The van der Waals surface area contributed by atoms with Crippen molar-refractivity contribution in [2.24, 2.45) is 5.73 Å². The molecule has 0 saturated carbocycles. The van der Waals surface area contributed by atoms with E-state index in [1.165, 1.54) is 24.1 Å². The van der Waals surface area contributed by atoms with Crippen LogP contribution in [0, 0.1) is 0 Å². The molecular formula is C12H19N3O. The normalized spacial score (nSPS) is 14.6. The molecule has 1 aromatic rings. The first-order valence-electron chi connectivity index (χ1n) is 5.91. The van der Waals surface area contributed by atoms with E-state index in [1.807, 2.05) is 0 Å². The number of pyridine rings is 1. The molecule has 1 aliphatic rings. The van der Waals surface area contributed by atoms with E-state index in [-0.39, 0.29) is 6.61 Å². The van der Waals surface area contributed by atoms with Gasteiger partial charge in [-0.15, -0.1) is 0 Å². The highest BCUT2D eigenvalue weighted by molar-refractivity contribution is 5.48. The smallest absolute Gasteiger partial charge is 0.130 e. The summed E-state index contributed by atoms with van der Waals surface area (Å²) in [6, 6.07) is 2.17. The van der Waals surface area contributed by atoms with Gasteiger partial charge in [-0.1, -0.05) is 0 Å². The number of nitrogens with zero attached hydrogens (tertiary/aromatic N) is 1. The number of hydrogen-bond donors (Lipinski definition) is 3. The van der Waals surface area contributed by atoms with Crippen LogP contribution in [0.4, 0.5) is 5.82 Å². The Bertz CT molecular complexity index is 366. The van der Waals surface area contributed by atoms with Crippen LogP contribution in [0.25, 0.3) is 0 Å². The van der Waals surface area contributed by atoms with Gasteiger partial charge in [-0.3, -0.25) is 0 Å². The molecule has 4 heteroatoms. The number of hydrogen-bond acceptors (Lipinski definition) is 4. The molecule has 1 aliphatic carbocycles. The summed E-state index contributed by atoms with van der Waals surface area (Å²) in [4.78, 5) is 4.62. The van der Waals surface area contributed by atoms with Gasteiger partial charge in [0.2, 0.25) is 0 Å². The third-order valence-corrected chi connectivity index (χ3v) is 3.00. The molecule has 16 heavy (non-hydrogen) atoms. The molecule has 4 N–H and O–H groups in total. The molecule has 0 aliphatic heterocycles. The quantitative estimate of drug-likeness (QED) is 0.704. The molecule has 0 amide bonds. The van der Waals surface area contributed by atoms with Crippen molar-refractivity contribution in [1.82, 2.24) is 4.98 Å². The zero-order valence-corrected chi connectivity index (χ0v) is 9.50. The number of aliphatic hydroxyl groups excluding tert-OH is 1. The highest BCUT2D eigenvalue weighted by Crippen LogP contribution is 2.24. The number of anilines is 1. The molecular weight excluding hydrogens is 202 g/mol. The number of aryl methyl sites for hydroxylation is 2. The third-order valence-electron chi connectivity index (χ3n) is 3.00. The third kappa shape index (κ3) is 2.33. The fourth-order valence-corrected chi connectivity index (χ4v) is 2.16. The summed E-state index contributed by atoms with van der Waals surface area (Å²) in [5, 5.41) is 11.9. The second kappa shape index (κ2) is 5.27. The van der Waals surface area contributed by atoms with Crippen LogP contribution in [0.2, 0.25) is 0 Å². The number of aromatic nitrogens is 1. The Labute approximate surface area is 95.9 Å². The standard InChI is InChI=1S/C12H19N3O/c13-8-10-7-9-3-1-2-4-11(9)15-12(10)14-5-6-16/h7,16H,1-6,8,13H2,(H,14,15). The van der Waals surface area contributed by atoms with Crippen molar-refractivity contribution >= 4 is 5.82 Å². The first-order valence-corrected chi connectivity index (χ1v) is 5.91. The monoisotopic (exact) mass is 221 g/mol. The van der Waals surface area contributed by atoms with Crippen LogP contribution in [0.3, 0.4) is 0 Å². The van der Waals surface area contributed by atoms with Crippen LogP contribution >= 0.6 is 0 Å². The minimum atomic E-state index is 0.114. The molecule has 0 saturated heterocycles. The van der Waals surface area contributed by atoms with Gasteiger partial charge in [0.05, 0.1) is 6.61 Å². The average Bonchev–Trinajstić information content (AvgIpc) is 2.35. The van der Waals surface area contributed by atoms with Crippen molar-refractivity contribution in [3.8, 4) is 0 Å². The molecule has 1 aromatic heterocycles. The van der Waals surface area contributed by atoms with Gasteiger partial charge in [0, 0.05) is 24.3 Å². The Morgan fingerprint density at radius 3 is 2.94 bits per heavy atom. The van der Waals surface area contributed by atoms with Crippen LogP contribution < -0.4 is 11.1 Å². The van der Waals surface area contributed by atoms with Crippen LogP contribution in [0.15, 0.2) is 6.07 Å². The number of rotatable bonds is 4. The van der Waals surface area contributed by atoms with E-state index in [4.69, 9.17) is 10.8 Å². The predicted molar refractivity (Wildman–Crippen MR) is 64.3 cm³/mol. The van der Waals surface area contributed by atoms with Crippen molar-refractivity contribution in [1.29, 1.82) is 0 Å². The van der Waals surface area contributed by atoms with Crippen molar-refractivity contribution < 1.29 is 5.11 Å². The van der Waals surface area contributed by atoms with Gasteiger partial charge in [-0.25, -0.2) is 4.98 Å². The maximum absolute atomic E-state index is 8.81. The molecule has 0 atom stereocenters. The second-order valence-electron chi connectivity index (χ2n) is 4.16. The van der Waals surface area contributed by atoms with E-state index >= 15 is 0 Å². The highest BCUT2D eigenvalue weighted by atomic mass is 16.3. The van der Waals surface area contributed by atoms with Crippen LogP contribution in [0.5, 0.6) is 0 Å². The molecule has 2 rings (SSSR count). The van der Waals surface area contributed by atoms with Gasteiger partial charge in [0.15, 0.2) is 0 Å². The number of nitrogens with one attached hydrogen (secondary N) is 1. The topological polar surface area (TPSA) is 71.2 Å². The van der Waals surface area contributed by atoms with E-state index in [9.17, 15) is 0 Å². The lowest BCUT2D eigenvalue weighted by Gasteiger charge is -2.18. The largest absolute Gasteiger partial charge is 0.395 e. The maximum atomic E-state index is 8.81. The average molecular weight is 221 g/mol. The lowest BCUT2D eigenvalue weighted by atomic mass is 9.95. The highest BCUT2D eigenvalue weighted by Gasteiger charge is 2.14. The number of fused-ring (bicyclic) bond motifs is 1. The number of nitrogens with two attached hydrogens (primary N) is 1. The molecule has 88 valence electrons. The van der Waals surface area contributed by atoms with E-state index < -0.39 is 0 Å². The maximum Gasteiger partial charge on any atom is 0.130 e. The molecule has 0 fully saturated rings. The van der Waals surface area contributed by atoms with Crippen molar-refractivity contribution in [3.05, 3.63) is 22.9 Å². The molecule has 4 nitrogen and oxygen atoms in total. The Morgan fingerprint density at radius 2 is 2.19 bits per heavy atom. The van der Waals surface area contributed by atoms with Crippen molar-refractivity contribution in [2.75, 3.05) is 18.5 Å². The zero-order valence-electron chi connectivity index (χ0n) is 9.50. The predicted octanol–water partition coefficient (Wildman–Crippen LogP) is 0.823. The van der Waals surface area contributed by atoms with Gasteiger partial charge in [0.1, 0.15) is 5.82 Å². The summed E-state index contributed by atoms with van der Waals surface area (Å²) in [6.45, 7) is 1.13. The van der Waals surface area contributed by atoms with Crippen molar-refractivity contribution in [3.63, 3.8) is 0 Å². The minimum absolute atomic E-state index is 0.114. The lowest BCUT2D eigenvalue weighted by molar-refractivity contribution is 0.311. The van der Waals surface area contributed by atoms with E-state index in [2.05, 4.69) is 16.4 Å². The Kier molecular flexibility index (Phi) is 3.74. The van der Waals surface area contributed by atoms with Gasteiger partial charge in [-0.05, 0) is 37.3 Å². The first kappa shape index (κ1) is 11.4. The van der Waals surface area contributed by atoms with Gasteiger partial charge in [-0.2, -0.15) is 0 Å². The van der Waals surface area contributed by atoms with Crippen LogP contribution in [-0.2, 0) is 19.4 Å². The zero-order chi connectivity index (χ0) is 11.4. The molecule has 0 spiro atoms. The van der Waals surface area contributed by atoms with Crippen LogP contribution in [0.1, 0.15) is 29.7 Å². The van der Waals surface area contributed by atoms with Gasteiger partial charge < -0.3 is 16.2 Å². The van der Waals surface area contributed by atoms with E-state index in [0.717, 1.165) is 24.2 Å². The summed E-state index contributed by atoms with van der Waals surface area (Å²) in [5.74, 6) is 0.845. The number of aliphatic hydroxyl groups is 1. The SMILES string of the molecule is NCc1cc2c(nc1NCCO)CCCC2. The van der Waals surface area contributed by atoms with E-state index in [0.29, 0.717) is 13.1 Å². The van der Waals surface area contributed by atoms with Crippen molar-refractivity contribution in [2.45, 2.75) is 32.2 Å².